The molecule has 1 nitrogen and oxygen atoms in total. The Morgan fingerprint density at radius 1 is 1.20 bits per heavy atom. The maximum Gasteiger partial charge on any atom is 0.0599 e. The van der Waals surface area contributed by atoms with E-state index in [-0.39, 0.29) is 0 Å². The minimum absolute atomic E-state index is 0.531. The number of hydrogen-bond acceptors (Lipinski definition) is 1. The largest absolute Gasteiger partial charge is 0.381 e. The minimum Gasteiger partial charge on any atom is -0.381 e. The monoisotopic (exact) mass is 142 g/mol. The van der Waals surface area contributed by atoms with E-state index in [0.717, 1.165) is 11.8 Å². The quantitative estimate of drug-likeness (QED) is 0.546. The Labute approximate surface area is 63.8 Å². The minimum atomic E-state index is 0.531. The van der Waals surface area contributed by atoms with Gasteiger partial charge in [-0.3, -0.25) is 0 Å². The van der Waals surface area contributed by atoms with Crippen molar-refractivity contribution in [3.8, 4) is 0 Å². The maximum atomic E-state index is 5.37. The second kappa shape index (κ2) is 3.38. The van der Waals surface area contributed by atoms with Gasteiger partial charge in [0.25, 0.3) is 0 Å². The molecule has 0 amide bonds. The fraction of sp³-hybridized carbons (Fsp3) is 1.00. The van der Waals surface area contributed by atoms with Crippen LogP contribution in [-0.2, 0) is 4.74 Å². The first-order valence-corrected chi connectivity index (χ1v) is 4.28. The average molecular weight is 142 g/mol. The molecule has 1 aliphatic rings. The van der Waals surface area contributed by atoms with E-state index in [2.05, 4.69) is 13.8 Å². The molecule has 0 saturated heterocycles. The lowest BCUT2D eigenvalue weighted by molar-refractivity contribution is 0.00801. The summed E-state index contributed by atoms with van der Waals surface area (Å²) in [6.45, 7) is 4.63. The van der Waals surface area contributed by atoms with E-state index < -0.39 is 0 Å². The molecule has 0 bridgehead atoms. The second-order valence-corrected chi connectivity index (χ2v) is 3.54. The maximum absolute atomic E-state index is 5.37. The molecule has 3 atom stereocenters. The molecule has 3 unspecified atom stereocenters. The first-order valence-electron chi connectivity index (χ1n) is 4.28. The molecule has 0 aromatic carbocycles. The van der Waals surface area contributed by atoms with Crippen molar-refractivity contribution in [1.82, 2.24) is 0 Å². The summed E-state index contributed by atoms with van der Waals surface area (Å²) in [7, 11) is 1.83. The predicted octanol–water partition coefficient (Wildman–Crippen LogP) is 2.46. The van der Waals surface area contributed by atoms with E-state index in [1.807, 2.05) is 7.11 Å². The normalized spacial score (nSPS) is 41.7. The Kier molecular flexibility index (Phi) is 2.72. The zero-order chi connectivity index (χ0) is 7.56. The molecule has 1 aliphatic carbocycles. The summed E-state index contributed by atoms with van der Waals surface area (Å²) >= 11 is 0. The fourth-order valence-electron chi connectivity index (χ4n) is 1.87. The van der Waals surface area contributed by atoms with Gasteiger partial charge in [0, 0.05) is 7.11 Å². The lowest BCUT2D eigenvalue weighted by atomic mass is 9.79. The van der Waals surface area contributed by atoms with Gasteiger partial charge < -0.3 is 4.74 Å². The van der Waals surface area contributed by atoms with Crippen molar-refractivity contribution in [3.05, 3.63) is 0 Å². The van der Waals surface area contributed by atoms with Crippen LogP contribution in [0.2, 0.25) is 0 Å². The van der Waals surface area contributed by atoms with Crippen LogP contribution >= 0.6 is 0 Å². The number of ether oxygens (including phenoxy) is 1. The predicted molar refractivity (Wildman–Crippen MR) is 43.0 cm³/mol. The molecule has 1 rings (SSSR count). The molecule has 0 aromatic heterocycles. The van der Waals surface area contributed by atoms with Crippen LogP contribution in [0.25, 0.3) is 0 Å². The highest BCUT2D eigenvalue weighted by molar-refractivity contribution is 4.76. The average Bonchev–Trinajstić information content (AvgIpc) is 1.95. The molecule has 0 heterocycles. The smallest absolute Gasteiger partial charge is 0.0599 e. The van der Waals surface area contributed by atoms with Crippen LogP contribution in [0.15, 0.2) is 0 Å². The van der Waals surface area contributed by atoms with E-state index in [1.165, 1.54) is 19.3 Å². The van der Waals surface area contributed by atoms with E-state index >= 15 is 0 Å². The third kappa shape index (κ3) is 1.51. The summed E-state index contributed by atoms with van der Waals surface area (Å²) in [5.74, 6) is 1.62. The van der Waals surface area contributed by atoms with Gasteiger partial charge in [0.05, 0.1) is 6.10 Å². The molecule has 1 saturated carbocycles. The van der Waals surface area contributed by atoms with Crippen molar-refractivity contribution in [2.45, 2.75) is 39.2 Å². The summed E-state index contributed by atoms with van der Waals surface area (Å²) < 4.78 is 5.37. The molecule has 0 N–H and O–H groups in total. The van der Waals surface area contributed by atoms with Crippen LogP contribution in [0, 0.1) is 11.8 Å². The van der Waals surface area contributed by atoms with Gasteiger partial charge in [0.15, 0.2) is 0 Å². The highest BCUT2D eigenvalue weighted by atomic mass is 16.5. The molecule has 0 spiro atoms. The molecule has 0 radical (unpaired) electrons. The van der Waals surface area contributed by atoms with Crippen LogP contribution in [0.3, 0.4) is 0 Å². The van der Waals surface area contributed by atoms with Crippen molar-refractivity contribution in [2.24, 2.45) is 11.8 Å². The first kappa shape index (κ1) is 8.06. The van der Waals surface area contributed by atoms with E-state index in [4.69, 9.17) is 4.74 Å². The van der Waals surface area contributed by atoms with E-state index in [0.29, 0.717) is 6.10 Å². The Morgan fingerprint density at radius 2 is 1.90 bits per heavy atom. The third-order valence-corrected chi connectivity index (χ3v) is 2.93. The molecular formula is C9H18O. The van der Waals surface area contributed by atoms with Crippen LogP contribution in [-0.4, -0.2) is 13.2 Å². The second-order valence-electron chi connectivity index (χ2n) is 3.54. The van der Waals surface area contributed by atoms with Gasteiger partial charge in [-0.2, -0.15) is 0 Å². The first-order chi connectivity index (χ1) is 4.75. The Hall–Kier alpha value is -0.0400. The number of hydrogen-bond donors (Lipinski definition) is 0. The van der Waals surface area contributed by atoms with Gasteiger partial charge in [-0.05, 0) is 18.3 Å². The fourth-order valence-corrected chi connectivity index (χ4v) is 1.87. The summed E-state index contributed by atoms with van der Waals surface area (Å²) in [6, 6.07) is 0. The van der Waals surface area contributed by atoms with Crippen molar-refractivity contribution in [1.29, 1.82) is 0 Å². The van der Waals surface area contributed by atoms with Gasteiger partial charge in [-0.15, -0.1) is 0 Å². The summed E-state index contributed by atoms with van der Waals surface area (Å²) in [4.78, 5) is 0. The van der Waals surface area contributed by atoms with Crippen LogP contribution in [0.1, 0.15) is 33.1 Å². The molecule has 0 aromatic rings. The molecule has 60 valence electrons. The molecule has 0 aliphatic heterocycles. The van der Waals surface area contributed by atoms with Crippen LogP contribution in [0.4, 0.5) is 0 Å². The summed E-state index contributed by atoms with van der Waals surface area (Å²) in [5, 5.41) is 0. The topological polar surface area (TPSA) is 9.23 Å². The summed E-state index contributed by atoms with van der Waals surface area (Å²) in [6.07, 6.45) is 4.54. The Bertz CT molecular complexity index is 101. The van der Waals surface area contributed by atoms with Crippen molar-refractivity contribution in [3.63, 3.8) is 0 Å². The van der Waals surface area contributed by atoms with Crippen LogP contribution < -0.4 is 0 Å². The van der Waals surface area contributed by atoms with Gasteiger partial charge >= 0.3 is 0 Å². The highest BCUT2D eigenvalue weighted by Gasteiger charge is 2.26. The number of rotatable bonds is 1. The molecule has 1 fully saturated rings. The van der Waals surface area contributed by atoms with Gasteiger partial charge in [-0.1, -0.05) is 26.7 Å². The molecule has 10 heavy (non-hydrogen) atoms. The SMILES string of the molecule is COC1CCCC(C)C1C. The number of methoxy groups -OCH3 is 1. The Morgan fingerprint density at radius 3 is 2.40 bits per heavy atom. The van der Waals surface area contributed by atoms with Crippen LogP contribution in [0.5, 0.6) is 0 Å². The third-order valence-electron chi connectivity index (χ3n) is 2.93. The van der Waals surface area contributed by atoms with E-state index in [1.54, 1.807) is 0 Å². The van der Waals surface area contributed by atoms with Crippen molar-refractivity contribution >= 4 is 0 Å². The van der Waals surface area contributed by atoms with Gasteiger partial charge in [-0.25, -0.2) is 0 Å². The Balaban J connectivity index is 2.42. The highest BCUT2D eigenvalue weighted by Crippen LogP contribution is 2.30. The lowest BCUT2D eigenvalue weighted by Gasteiger charge is -2.32. The van der Waals surface area contributed by atoms with Crippen molar-refractivity contribution < 1.29 is 4.74 Å². The lowest BCUT2D eigenvalue weighted by Crippen LogP contribution is -2.30. The van der Waals surface area contributed by atoms with E-state index in [9.17, 15) is 0 Å². The molecular weight excluding hydrogens is 124 g/mol. The van der Waals surface area contributed by atoms with Gasteiger partial charge in [0.1, 0.15) is 0 Å². The standard InChI is InChI=1S/C9H18O/c1-7-5-4-6-9(10-3)8(7)2/h7-9H,4-6H2,1-3H3. The summed E-state index contributed by atoms with van der Waals surface area (Å²) in [5.41, 5.74) is 0. The van der Waals surface area contributed by atoms with Gasteiger partial charge in [0.2, 0.25) is 0 Å². The molecule has 1 heteroatoms. The zero-order valence-corrected chi connectivity index (χ0v) is 7.26. The zero-order valence-electron chi connectivity index (χ0n) is 7.26. The van der Waals surface area contributed by atoms with Crippen molar-refractivity contribution in [2.75, 3.05) is 7.11 Å².